The van der Waals surface area contributed by atoms with E-state index in [2.05, 4.69) is 67.5 Å². The van der Waals surface area contributed by atoms with Crippen molar-refractivity contribution in [2.75, 3.05) is 0 Å². The topological polar surface area (TPSA) is 63.2 Å². The van der Waals surface area contributed by atoms with E-state index in [1.807, 2.05) is 66.7 Å². The van der Waals surface area contributed by atoms with Crippen LogP contribution in [0, 0.1) is 13.8 Å². The van der Waals surface area contributed by atoms with E-state index < -0.39 is 20.4 Å². The SMILES string of the molecule is Cc1ccc(OP(Oc2ccccc2-c2ccccc2OC(=O)OC(C)(C)C)Oc2ccc(C)cc2C(C)(C)C)c(C(C)(C)C)c1. The molecule has 244 valence electrons. The molecule has 0 bridgehead atoms. The lowest BCUT2D eigenvalue weighted by Gasteiger charge is -2.28. The summed E-state index contributed by atoms with van der Waals surface area (Å²) in [6.07, 6.45) is -0.782. The van der Waals surface area contributed by atoms with Gasteiger partial charge < -0.3 is 23.0 Å². The predicted molar refractivity (Wildman–Crippen MR) is 187 cm³/mol. The molecule has 4 aromatic carbocycles. The minimum absolute atomic E-state index is 0.182. The molecule has 0 unspecified atom stereocenters. The molecular formula is C39H47O6P. The summed E-state index contributed by atoms with van der Waals surface area (Å²) in [6.45, 7) is 22.5. The van der Waals surface area contributed by atoms with Crippen molar-refractivity contribution < 1.29 is 27.8 Å². The Hall–Kier alpha value is -4.02. The monoisotopic (exact) mass is 642 g/mol. The number of aryl methyl sites for hydroxylation is 2. The first-order chi connectivity index (χ1) is 21.4. The van der Waals surface area contributed by atoms with Gasteiger partial charge in [-0.15, -0.1) is 0 Å². The molecule has 0 aliphatic heterocycles. The minimum atomic E-state index is -2.02. The van der Waals surface area contributed by atoms with Gasteiger partial charge in [-0.3, -0.25) is 0 Å². The van der Waals surface area contributed by atoms with Crippen LogP contribution in [0.15, 0.2) is 84.9 Å². The molecule has 0 spiro atoms. The van der Waals surface area contributed by atoms with E-state index in [-0.39, 0.29) is 10.8 Å². The Bertz CT molecular complexity index is 1610. The molecule has 0 amide bonds. The van der Waals surface area contributed by atoms with Crippen molar-refractivity contribution >= 4 is 14.8 Å². The van der Waals surface area contributed by atoms with E-state index in [1.54, 1.807) is 26.8 Å². The van der Waals surface area contributed by atoms with Crippen molar-refractivity contribution in [3.63, 3.8) is 0 Å². The van der Waals surface area contributed by atoms with Crippen LogP contribution in [0.25, 0.3) is 11.1 Å². The molecule has 0 N–H and O–H groups in total. The number of carbonyl (C=O) groups excluding carboxylic acids is 1. The molecule has 4 rings (SSSR count). The average Bonchev–Trinajstić information content (AvgIpc) is 2.93. The smallest absolute Gasteiger partial charge is 0.428 e. The number of carbonyl (C=O) groups is 1. The standard InChI is InChI=1S/C39H47O6P/c1-26-20-22-34(30(24-26)37(3,4)5)44-46(45-35-23-21-27(2)25-31(35)38(6,7)8)43-33-19-15-13-17-29(33)28-16-12-14-18-32(28)41-36(40)42-39(9,10)11/h12-25H,1-11H3. The third kappa shape index (κ3) is 9.26. The van der Waals surface area contributed by atoms with Crippen LogP contribution >= 0.6 is 8.60 Å². The van der Waals surface area contributed by atoms with Gasteiger partial charge in [0.15, 0.2) is 0 Å². The maximum absolute atomic E-state index is 12.6. The second-order valence-electron chi connectivity index (χ2n) is 14.6. The number of benzene rings is 4. The van der Waals surface area contributed by atoms with Gasteiger partial charge >= 0.3 is 14.8 Å². The molecule has 6 nitrogen and oxygen atoms in total. The number of hydrogen-bond donors (Lipinski definition) is 0. The lowest BCUT2D eigenvalue weighted by molar-refractivity contribution is 0.0207. The highest BCUT2D eigenvalue weighted by molar-refractivity contribution is 7.43. The fourth-order valence-electron chi connectivity index (χ4n) is 4.82. The van der Waals surface area contributed by atoms with E-state index in [1.165, 1.54) is 0 Å². The van der Waals surface area contributed by atoms with Crippen molar-refractivity contribution in [2.24, 2.45) is 0 Å². The summed E-state index contributed by atoms with van der Waals surface area (Å²) in [5, 5.41) is 0. The number of rotatable bonds is 8. The van der Waals surface area contributed by atoms with Gasteiger partial charge in [0.1, 0.15) is 28.6 Å². The highest BCUT2D eigenvalue weighted by Gasteiger charge is 2.30. The molecule has 0 atom stereocenters. The quantitative estimate of drug-likeness (QED) is 0.108. The Labute approximate surface area is 276 Å². The summed E-state index contributed by atoms with van der Waals surface area (Å²) in [5.74, 6) is 2.25. The van der Waals surface area contributed by atoms with Gasteiger partial charge in [0.25, 0.3) is 0 Å². The van der Waals surface area contributed by atoms with Crippen molar-refractivity contribution in [1.82, 2.24) is 0 Å². The van der Waals surface area contributed by atoms with Crippen LogP contribution in [0.4, 0.5) is 4.79 Å². The van der Waals surface area contributed by atoms with Gasteiger partial charge in [0, 0.05) is 22.3 Å². The van der Waals surface area contributed by atoms with E-state index in [0.717, 1.165) is 22.3 Å². The first-order valence-corrected chi connectivity index (χ1v) is 16.7. The maximum atomic E-state index is 12.6. The van der Waals surface area contributed by atoms with Gasteiger partial charge in [-0.25, -0.2) is 4.79 Å². The Morgan fingerprint density at radius 1 is 0.543 bits per heavy atom. The highest BCUT2D eigenvalue weighted by Crippen LogP contribution is 2.49. The molecule has 0 aromatic heterocycles. The lowest BCUT2D eigenvalue weighted by atomic mass is 9.85. The zero-order valence-corrected chi connectivity index (χ0v) is 29.9. The summed E-state index contributed by atoms with van der Waals surface area (Å²) in [7, 11) is -2.02. The third-order valence-electron chi connectivity index (χ3n) is 7.05. The van der Waals surface area contributed by atoms with Crippen molar-refractivity contribution in [2.45, 2.75) is 92.6 Å². The van der Waals surface area contributed by atoms with Crippen molar-refractivity contribution in [1.29, 1.82) is 0 Å². The lowest BCUT2D eigenvalue weighted by Crippen LogP contribution is -2.26. The van der Waals surface area contributed by atoms with Gasteiger partial charge in [-0.2, -0.15) is 0 Å². The predicted octanol–water partition coefficient (Wildman–Crippen LogP) is 11.6. The third-order valence-corrected chi connectivity index (χ3v) is 8.09. The number of ether oxygens (including phenoxy) is 2. The summed E-state index contributed by atoms with van der Waals surface area (Å²) in [6, 6.07) is 27.2. The van der Waals surface area contributed by atoms with Crippen LogP contribution in [0.1, 0.15) is 84.6 Å². The molecule has 0 radical (unpaired) electrons. The fourth-order valence-corrected chi connectivity index (χ4v) is 5.89. The summed E-state index contributed by atoms with van der Waals surface area (Å²) in [5.41, 5.74) is 4.70. The van der Waals surface area contributed by atoms with Crippen LogP contribution in [-0.2, 0) is 15.6 Å². The second-order valence-corrected chi connectivity index (χ2v) is 15.6. The van der Waals surface area contributed by atoms with Crippen LogP contribution in [0.3, 0.4) is 0 Å². The first-order valence-electron chi connectivity index (χ1n) is 15.6. The molecule has 0 aliphatic carbocycles. The van der Waals surface area contributed by atoms with Crippen LogP contribution < -0.4 is 18.3 Å². The first kappa shape index (κ1) is 34.8. The van der Waals surface area contributed by atoms with Gasteiger partial charge in [0.05, 0.1) is 0 Å². The Balaban J connectivity index is 1.79. The Morgan fingerprint density at radius 3 is 1.41 bits per heavy atom. The molecule has 7 heteroatoms. The molecule has 0 fully saturated rings. The summed E-state index contributed by atoms with van der Waals surface area (Å²) < 4.78 is 31.2. The average molecular weight is 643 g/mol. The van der Waals surface area contributed by atoms with Crippen LogP contribution in [0.2, 0.25) is 0 Å². The summed E-state index contributed by atoms with van der Waals surface area (Å²) in [4.78, 5) is 12.6. The highest BCUT2D eigenvalue weighted by atomic mass is 31.2. The van der Waals surface area contributed by atoms with Gasteiger partial charge in [-0.05, 0) is 69.7 Å². The summed E-state index contributed by atoms with van der Waals surface area (Å²) >= 11 is 0. The van der Waals surface area contributed by atoms with Crippen LogP contribution in [0.5, 0.6) is 23.0 Å². The zero-order chi connectivity index (χ0) is 33.9. The largest absolute Gasteiger partial charge is 0.530 e. The molecule has 0 saturated carbocycles. The Morgan fingerprint density at radius 2 is 0.957 bits per heavy atom. The van der Waals surface area contributed by atoms with Crippen molar-refractivity contribution in [3.05, 3.63) is 107 Å². The normalized spacial score (nSPS) is 12.1. The van der Waals surface area contributed by atoms with E-state index >= 15 is 0 Å². The minimum Gasteiger partial charge on any atom is -0.428 e. The fraction of sp³-hybridized carbons (Fsp3) is 0.359. The molecule has 0 saturated heterocycles. The van der Waals surface area contributed by atoms with E-state index in [0.29, 0.717) is 34.1 Å². The Kier molecular flexibility index (Phi) is 10.4. The van der Waals surface area contributed by atoms with Crippen molar-refractivity contribution in [3.8, 4) is 34.1 Å². The zero-order valence-electron chi connectivity index (χ0n) is 29.0. The number of para-hydroxylation sites is 2. The molecule has 4 aromatic rings. The van der Waals surface area contributed by atoms with Gasteiger partial charge in [-0.1, -0.05) is 113 Å². The molecular weight excluding hydrogens is 595 g/mol. The van der Waals surface area contributed by atoms with Crippen LogP contribution in [-0.4, -0.2) is 11.8 Å². The van der Waals surface area contributed by atoms with Gasteiger partial charge in [0.2, 0.25) is 0 Å². The maximum Gasteiger partial charge on any atom is 0.530 e. The van der Waals surface area contributed by atoms with E-state index in [4.69, 9.17) is 23.0 Å². The number of hydrogen-bond acceptors (Lipinski definition) is 6. The second kappa shape index (κ2) is 13.8. The van der Waals surface area contributed by atoms with E-state index in [9.17, 15) is 4.79 Å². The molecule has 0 aliphatic rings. The molecule has 46 heavy (non-hydrogen) atoms. The molecule has 0 heterocycles.